The Balaban J connectivity index is 3.43. The van der Waals surface area contributed by atoms with Gasteiger partial charge in [0.15, 0.2) is 6.29 Å². The highest BCUT2D eigenvalue weighted by Gasteiger charge is 1.93. The van der Waals surface area contributed by atoms with Crippen molar-refractivity contribution in [2.75, 3.05) is 0 Å². The lowest BCUT2D eigenvalue weighted by Gasteiger charge is -1.99. The molecule has 0 aromatic carbocycles. The Hall–Kier alpha value is -0.420. The molecule has 0 saturated heterocycles. The smallest absolute Gasteiger partial charge is 0.171 e. The van der Waals surface area contributed by atoms with Crippen molar-refractivity contribution < 1.29 is 20.4 Å². The molecule has 0 heterocycles. The van der Waals surface area contributed by atoms with Gasteiger partial charge in [0, 0.05) is 0 Å². The quantitative estimate of drug-likeness (QED) is 0.215. The third-order valence-corrected chi connectivity index (χ3v) is 0.721. The molecule has 0 saturated carbocycles. The Morgan fingerprint density at radius 1 is 1.33 bits per heavy atom. The highest BCUT2D eigenvalue weighted by atomic mass is 17.1. The molecular weight excluding hydrogens is 124 g/mol. The van der Waals surface area contributed by atoms with Gasteiger partial charge in [-0.1, -0.05) is 6.08 Å². The van der Waals surface area contributed by atoms with Crippen molar-refractivity contribution >= 4 is 0 Å². The zero-order valence-electron chi connectivity index (χ0n) is 5.06. The van der Waals surface area contributed by atoms with Crippen LogP contribution >= 0.6 is 0 Å². The molecule has 0 spiro atoms. The fourth-order valence-corrected chi connectivity index (χ4v) is 0.291. The summed E-state index contributed by atoms with van der Waals surface area (Å²) in [7, 11) is 0. The van der Waals surface area contributed by atoms with Gasteiger partial charge in [0.25, 0.3) is 0 Å². The first-order valence-corrected chi connectivity index (χ1v) is 2.51. The van der Waals surface area contributed by atoms with E-state index in [-0.39, 0.29) is 0 Å². The molecule has 0 bridgehead atoms. The lowest BCUT2D eigenvalue weighted by atomic mass is 10.3. The van der Waals surface area contributed by atoms with Crippen molar-refractivity contribution in [1.82, 2.24) is 0 Å². The molecule has 0 aliphatic carbocycles. The Bertz CT molecular complexity index is 89.0. The molecule has 0 rings (SSSR count). The van der Waals surface area contributed by atoms with Gasteiger partial charge in [-0.3, -0.25) is 5.26 Å². The fraction of sp³-hybridized carbons (Fsp3) is 0.600. The van der Waals surface area contributed by atoms with Gasteiger partial charge in [0.05, 0.1) is 0 Å². The number of hydrogen-bond acceptors (Lipinski definition) is 4. The number of aliphatic hydroxyl groups is 2. The van der Waals surface area contributed by atoms with Crippen molar-refractivity contribution in [3.63, 3.8) is 0 Å². The van der Waals surface area contributed by atoms with E-state index in [9.17, 15) is 0 Å². The maximum atomic E-state index is 8.23. The zero-order chi connectivity index (χ0) is 7.28. The summed E-state index contributed by atoms with van der Waals surface area (Å²) in [6.07, 6.45) is 0.431. The van der Waals surface area contributed by atoms with Crippen LogP contribution in [-0.2, 0) is 4.89 Å². The van der Waals surface area contributed by atoms with Crippen molar-refractivity contribution in [3.05, 3.63) is 12.2 Å². The Labute approximate surface area is 52.9 Å². The summed E-state index contributed by atoms with van der Waals surface area (Å²) >= 11 is 0. The van der Waals surface area contributed by atoms with Gasteiger partial charge in [0.1, 0.15) is 6.10 Å². The van der Waals surface area contributed by atoms with Crippen LogP contribution in [0.4, 0.5) is 0 Å². The second-order valence-corrected chi connectivity index (χ2v) is 1.61. The molecule has 1 unspecified atom stereocenters. The average Bonchev–Trinajstić information content (AvgIpc) is 1.83. The lowest BCUT2D eigenvalue weighted by molar-refractivity contribution is -0.261. The minimum absolute atomic E-state index is 0.508. The SMILES string of the molecule is CC(/C=C/C(O)O)OO. The second kappa shape index (κ2) is 4.46. The summed E-state index contributed by atoms with van der Waals surface area (Å²) in [5, 5.41) is 24.4. The first kappa shape index (κ1) is 8.58. The molecule has 4 nitrogen and oxygen atoms in total. The third-order valence-electron chi connectivity index (χ3n) is 0.721. The molecule has 4 heteroatoms. The molecule has 3 N–H and O–H groups in total. The van der Waals surface area contributed by atoms with E-state index in [0.29, 0.717) is 0 Å². The summed E-state index contributed by atoms with van der Waals surface area (Å²) in [5.41, 5.74) is 0. The lowest BCUT2D eigenvalue weighted by Crippen LogP contribution is -2.04. The van der Waals surface area contributed by atoms with E-state index < -0.39 is 12.4 Å². The molecular formula is C5H10O4. The van der Waals surface area contributed by atoms with E-state index in [0.717, 1.165) is 6.08 Å². The van der Waals surface area contributed by atoms with E-state index in [2.05, 4.69) is 4.89 Å². The summed E-state index contributed by atoms with van der Waals surface area (Å²) < 4.78 is 0. The first-order valence-electron chi connectivity index (χ1n) is 2.51. The number of rotatable bonds is 3. The maximum absolute atomic E-state index is 8.23. The van der Waals surface area contributed by atoms with Gasteiger partial charge < -0.3 is 10.2 Å². The second-order valence-electron chi connectivity index (χ2n) is 1.61. The van der Waals surface area contributed by atoms with Crippen LogP contribution in [0.5, 0.6) is 0 Å². The average molecular weight is 134 g/mol. The molecule has 0 aliphatic rings. The molecule has 0 radical (unpaired) electrons. The summed E-state index contributed by atoms with van der Waals surface area (Å²) in [5.74, 6) is 0. The maximum Gasteiger partial charge on any atom is 0.171 e. The highest BCUT2D eigenvalue weighted by Crippen LogP contribution is 1.89. The minimum atomic E-state index is -1.48. The predicted molar refractivity (Wildman–Crippen MR) is 30.5 cm³/mol. The van der Waals surface area contributed by atoms with Gasteiger partial charge >= 0.3 is 0 Å². The van der Waals surface area contributed by atoms with Crippen molar-refractivity contribution in [3.8, 4) is 0 Å². The highest BCUT2D eigenvalue weighted by molar-refractivity contribution is 4.88. The topological polar surface area (TPSA) is 69.9 Å². The molecule has 0 fully saturated rings. The van der Waals surface area contributed by atoms with Gasteiger partial charge in [-0.25, -0.2) is 4.89 Å². The van der Waals surface area contributed by atoms with E-state index in [1.807, 2.05) is 0 Å². The molecule has 0 aromatic heterocycles. The fourth-order valence-electron chi connectivity index (χ4n) is 0.291. The van der Waals surface area contributed by atoms with Crippen molar-refractivity contribution in [1.29, 1.82) is 0 Å². The van der Waals surface area contributed by atoms with Crippen LogP contribution in [0.15, 0.2) is 12.2 Å². The van der Waals surface area contributed by atoms with Crippen LogP contribution < -0.4 is 0 Å². The Morgan fingerprint density at radius 3 is 2.22 bits per heavy atom. The number of aliphatic hydroxyl groups excluding tert-OH is 1. The van der Waals surface area contributed by atoms with Crippen LogP contribution in [0.1, 0.15) is 6.92 Å². The Morgan fingerprint density at radius 2 is 1.89 bits per heavy atom. The molecule has 0 aliphatic heterocycles. The van der Waals surface area contributed by atoms with E-state index in [4.69, 9.17) is 15.5 Å². The van der Waals surface area contributed by atoms with Crippen LogP contribution in [0.3, 0.4) is 0 Å². The van der Waals surface area contributed by atoms with Crippen molar-refractivity contribution in [2.24, 2.45) is 0 Å². The summed E-state index contributed by atoms with van der Waals surface area (Å²) in [4.78, 5) is 3.79. The van der Waals surface area contributed by atoms with Gasteiger partial charge in [-0.2, -0.15) is 0 Å². The van der Waals surface area contributed by atoms with Gasteiger partial charge in [-0.05, 0) is 13.0 Å². The zero-order valence-corrected chi connectivity index (χ0v) is 5.06. The first-order chi connectivity index (χ1) is 4.16. The molecule has 54 valence electrons. The monoisotopic (exact) mass is 134 g/mol. The van der Waals surface area contributed by atoms with Crippen LogP contribution in [0, 0.1) is 0 Å². The third kappa shape index (κ3) is 5.45. The predicted octanol–water partition coefficient (Wildman–Crippen LogP) is -0.269. The normalized spacial score (nSPS) is 15.2. The van der Waals surface area contributed by atoms with E-state index >= 15 is 0 Å². The van der Waals surface area contributed by atoms with E-state index in [1.165, 1.54) is 6.08 Å². The van der Waals surface area contributed by atoms with Gasteiger partial charge in [-0.15, -0.1) is 0 Å². The standard InChI is InChI=1S/C5H10O4/c1-4(9-8)2-3-5(6)7/h2-8H,1H3/b3-2+. The molecule has 0 amide bonds. The van der Waals surface area contributed by atoms with Crippen LogP contribution in [-0.4, -0.2) is 27.9 Å². The van der Waals surface area contributed by atoms with Gasteiger partial charge in [0.2, 0.25) is 0 Å². The summed E-state index contributed by atoms with van der Waals surface area (Å²) in [6.45, 7) is 1.55. The molecule has 1 atom stereocenters. The minimum Gasteiger partial charge on any atom is -0.365 e. The van der Waals surface area contributed by atoms with Crippen LogP contribution in [0.25, 0.3) is 0 Å². The van der Waals surface area contributed by atoms with Crippen molar-refractivity contribution in [2.45, 2.75) is 19.3 Å². The number of hydrogen-bond donors (Lipinski definition) is 3. The van der Waals surface area contributed by atoms with E-state index in [1.54, 1.807) is 6.92 Å². The largest absolute Gasteiger partial charge is 0.365 e. The van der Waals surface area contributed by atoms with Crippen LogP contribution in [0.2, 0.25) is 0 Å². The molecule has 0 aromatic rings. The molecule has 9 heavy (non-hydrogen) atoms. The Kier molecular flexibility index (Phi) is 4.25. The summed E-state index contributed by atoms with van der Waals surface area (Å²) in [6, 6.07) is 0.